The Morgan fingerprint density at radius 1 is 1.15 bits per heavy atom. The molecule has 0 atom stereocenters. The lowest BCUT2D eigenvalue weighted by Gasteiger charge is -2.08. The second kappa shape index (κ2) is 7.07. The average molecular weight is 311 g/mol. The van der Waals surface area contributed by atoms with Crippen molar-refractivity contribution in [2.24, 2.45) is 0 Å². The van der Waals surface area contributed by atoms with Gasteiger partial charge in [-0.1, -0.05) is 53.5 Å². The molecule has 0 spiro atoms. The third-order valence-electron chi connectivity index (χ3n) is 2.49. The number of aromatic nitrogens is 2. The number of carbonyl (C=O) groups is 1. The van der Waals surface area contributed by atoms with E-state index < -0.39 is 0 Å². The number of anilines is 1. The number of rotatable bonds is 5. The van der Waals surface area contributed by atoms with E-state index in [4.69, 9.17) is 23.2 Å². The first-order chi connectivity index (χ1) is 9.65. The van der Waals surface area contributed by atoms with Gasteiger partial charge in [0.05, 0.1) is 12.2 Å². The van der Waals surface area contributed by atoms with Crippen molar-refractivity contribution in [3.8, 4) is 0 Å². The van der Waals surface area contributed by atoms with E-state index in [0.29, 0.717) is 12.2 Å². The summed E-state index contributed by atoms with van der Waals surface area (Å²) < 4.78 is 0. The summed E-state index contributed by atoms with van der Waals surface area (Å²) in [5, 5.41) is 13.3. The molecular weight excluding hydrogens is 299 g/mol. The zero-order chi connectivity index (χ0) is 14.4. The molecule has 2 aromatic rings. The van der Waals surface area contributed by atoms with Gasteiger partial charge in [0.25, 0.3) is 0 Å². The molecule has 1 amide bonds. The van der Waals surface area contributed by atoms with Crippen LogP contribution in [0.2, 0.25) is 10.3 Å². The van der Waals surface area contributed by atoms with E-state index in [1.165, 1.54) is 6.07 Å². The van der Waals surface area contributed by atoms with E-state index in [2.05, 4.69) is 20.8 Å². The van der Waals surface area contributed by atoms with Crippen molar-refractivity contribution in [1.82, 2.24) is 15.5 Å². The fraction of sp³-hybridized carbons (Fsp3) is 0.154. The second-order valence-corrected chi connectivity index (χ2v) is 4.73. The largest absolute Gasteiger partial charge is 0.374 e. The number of nitrogens with zero attached hydrogens (tertiary/aromatic N) is 2. The normalized spacial score (nSPS) is 10.1. The maximum Gasteiger partial charge on any atom is 0.239 e. The van der Waals surface area contributed by atoms with E-state index in [-0.39, 0.29) is 22.8 Å². The zero-order valence-corrected chi connectivity index (χ0v) is 11.9. The van der Waals surface area contributed by atoms with Crippen LogP contribution in [-0.2, 0) is 11.3 Å². The fourth-order valence-electron chi connectivity index (χ4n) is 1.51. The first kappa shape index (κ1) is 14.6. The number of halogens is 2. The van der Waals surface area contributed by atoms with Gasteiger partial charge in [-0.15, -0.1) is 10.2 Å². The second-order valence-electron chi connectivity index (χ2n) is 3.99. The average Bonchev–Trinajstić information content (AvgIpc) is 2.47. The number of carbonyl (C=O) groups excluding carboxylic acids is 1. The minimum atomic E-state index is -0.155. The van der Waals surface area contributed by atoms with Crippen molar-refractivity contribution in [3.05, 3.63) is 52.3 Å². The van der Waals surface area contributed by atoms with Crippen molar-refractivity contribution in [3.63, 3.8) is 0 Å². The Labute approximate surface area is 126 Å². The summed E-state index contributed by atoms with van der Waals surface area (Å²) in [6.45, 7) is 0.555. The minimum absolute atomic E-state index is 0.0780. The molecule has 0 aliphatic heterocycles. The highest BCUT2D eigenvalue weighted by molar-refractivity contribution is 6.33. The molecule has 0 aliphatic carbocycles. The lowest BCUT2D eigenvalue weighted by Crippen LogP contribution is -2.29. The molecule has 0 saturated heterocycles. The highest BCUT2D eigenvalue weighted by Crippen LogP contribution is 2.20. The van der Waals surface area contributed by atoms with Crippen LogP contribution < -0.4 is 10.6 Å². The molecule has 5 nitrogen and oxygen atoms in total. The molecule has 0 fully saturated rings. The molecule has 1 aromatic heterocycles. The zero-order valence-electron chi connectivity index (χ0n) is 10.4. The predicted octanol–water partition coefficient (Wildman–Crippen LogP) is 2.51. The van der Waals surface area contributed by atoms with Gasteiger partial charge in [-0.3, -0.25) is 4.79 Å². The van der Waals surface area contributed by atoms with Gasteiger partial charge < -0.3 is 10.6 Å². The number of hydrogen-bond acceptors (Lipinski definition) is 4. The van der Waals surface area contributed by atoms with E-state index in [1.807, 2.05) is 30.3 Å². The van der Waals surface area contributed by atoms with Gasteiger partial charge in [0.2, 0.25) is 5.91 Å². The van der Waals surface area contributed by atoms with Crippen molar-refractivity contribution in [2.45, 2.75) is 6.54 Å². The first-order valence-electron chi connectivity index (χ1n) is 5.88. The van der Waals surface area contributed by atoms with Gasteiger partial charge in [0, 0.05) is 12.6 Å². The lowest BCUT2D eigenvalue weighted by atomic mass is 10.2. The quantitative estimate of drug-likeness (QED) is 0.890. The molecule has 0 saturated carbocycles. The predicted molar refractivity (Wildman–Crippen MR) is 78.8 cm³/mol. The van der Waals surface area contributed by atoms with Crippen molar-refractivity contribution in [2.75, 3.05) is 11.9 Å². The monoisotopic (exact) mass is 310 g/mol. The van der Waals surface area contributed by atoms with Gasteiger partial charge in [0.15, 0.2) is 10.3 Å². The third-order valence-corrected chi connectivity index (χ3v) is 2.95. The van der Waals surface area contributed by atoms with Crippen LogP contribution in [0, 0.1) is 0 Å². The van der Waals surface area contributed by atoms with E-state index in [9.17, 15) is 4.79 Å². The van der Waals surface area contributed by atoms with Crippen LogP contribution in [0.4, 0.5) is 5.69 Å². The van der Waals surface area contributed by atoms with E-state index >= 15 is 0 Å². The first-order valence-corrected chi connectivity index (χ1v) is 6.64. The van der Waals surface area contributed by atoms with Crippen molar-refractivity contribution < 1.29 is 4.79 Å². The Hall–Kier alpha value is -1.85. The molecule has 0 radical (unpaired) electrons. The molecular formula is C13H12Cl2N4O. The molecule has 2 N–H and O–H groups in total. The van der Waals surface area contributed by atoms with Crippen molar-refractivity contribution >= 4 is 34.8 Å². The van der Waals surface area contributed by atoms with Crippen LogP contribution in [0.5, 0.6) is 0 Å². The van der Waals surface area contributed by atoms with E-state index in [1.54, 1.807) is 0 Å². The minimum Gasteiger partial charge on any atom is -0.374 e. The topological polar surface area (TPSA) is 66.9 Å². The molecule has 2 rings (SSSR count). The summed E-state index contributed by atoms with van der Waals surface area (Å²) in [7, 11) is 0. The number of benzene rings is 1. The Balaban J connectivity index is 1.82. The summed E-state index contributed by atoms with van der Waals surface area (Å²) in [4.78, 5) is 11.7. The van der Waals surface area contributed by atoms with Crippen molar-refractivity contribution in [1.29, 1.82) is 0 Å². The molecule has 104 valence electrons. The fourth-order valence-corrected chi connectivity index (χ4v) is 1.82. The Kier molecular flexibility index (Phi) is 5.15. The Morgan fingerprint density at radius 2 is 1.90 bits per heavy atom. The number of amides is 1. The third kappa shape index (κ3) is 4.36. The van der Waals surface area contributed by atoms with E-state index in [0.717, 1.165) is 5.56 Å². The molecule has 1 heterocycles. The number of hydrogen-bond donors (Lipinski definition) is 2. The summed E-state index contributed by atoms with van der Waals surface area (Å²) in [6.07, 6.45) is 0. The lowest BCUT2D eigenvalue weighted by molar-refractivity contribution is -0.119. The Bertz CT molecular complexity index is 592. The standard InChI is InChI=1S/C13H12Cl2N4O/c14-11-6-10(13(15)19-18-11)16-8-12(20)17-7-9-4-2-1-3-5-9/h1-6H,7-8H2,(H,16,18)(H,17,20). The Morgan fingerprint density at radius 3 is 2.65 bits per heavy atom. The SMILES string of the molecule is O=C(CNc1cc(Cl)nnc1Cl)NCc1ccccc1. The highest BCUT2D eigenvalue weighted by atomic mass is 35.5. The molecule has 0 aliphatic rings. The maximum atomic E-state index is 11.7. The smallest absolute Gasteiger partial charge is 0.239 e. The van der Waals surface area contributed by atoms with Gasteiger partial charge in [-0.25, -0.2) is 0 Å². The summed E-state index contributed by atoms with van der Waals surface area (Å²) in [5.41, 5.74) is 1.51. The van der Waals surface area contributed by atoms with Gasteiger partial charge >= 0.3 is 0 Å². The molecule has 7 heteroatoms. The summed E-state index contributed by atoms with van der Waals surface area (Å²) >= 11 is 11.5. The van der Waals surface area contributed by atoms with Crippen LogP contribution in [0.1, 0.15) is 5.56 Å². The molecule has 20 heavy (non-hydrogen) atoms. The van der Waals surface area contributed by atoms with Crippen LogP contribution >= 0.6 is 23.2 Å². The molecule has 0 unspecified atom stereocenters. The molecule has 1 aromatic carbocycles. The van der Waals surface area contributed by atoms with Gasteiger partial charge in [0.1, 0.15) is 0 Å². The van der Waals surface area contributed by atoms with Crippen LogP contribution in [0.3, 0.4) is 0 Å². The summed E-state index contributed by atoms with van der Waals surface area (Å²) in [6, 6.07) is 11.2. The van der Waals surface area contributed by atoms with Gasteiger partial charge in [-0.05, 0) is 5.56 Å². The summed E-state index contributed by atoms with van der Waals surface area (Å²) in [5.74, 6) is -0.155. The van der Waals surface area contributed by atoms with Crippen LogP contribution in [0.15, 0.2) is 36.4 Å². The molecule has 0 bridgehead atoms. The van der Waals surface area contributed by atoms with Crippen LogP contribution in [-0.4, -0.2) is 22.6 Å². The number of nitrogens with one attached hydrogen (secondary N) is 2. The van der Waals surface area contributed by atoms with Crippen LogP contribution in [0.25, 0.3) is 0 Å². The maximum absolute atomic E-state index is 11.7. The highest BCUT2D eigenvalue weighted by Gasteiger charge is 2.06. The van der Waals surface area contributed by atoms with Gasteiger partial charge in [-0.2, -0.15) is 0 Å².